The van der Waals surface area contributed by atoms with Crippen LogP contribution in [0.4, 0.5) is 0 Å². The van der Waals surface area contributed by atoms with Crippen molar-refractivity contribution < 1.29 is 31.3 Å². The SMILES string of the molecule is CCOCC.O.[W]. The molecule has 0 aromatic carbocycles. The first-order valence-electron chi connectivity index (χ1n) is 1.99. The van der Waals surface area contributed by atoms with Crippen LogP contribution in [0.5, 0.6) is 0 Å². The van der Waals surface area contributed by atoms with Crippen LogP contribution in [0.3, 0.4) is 0 Å². The standard InChI is InChI=1S/C4H10O.H2O.W/c1-3-5-4-2;;/h3-4H2,1-2H3;1H2;. The molecule has 0 unspecified atom stereocenters. The zero-order chi connectivity index (χ0) is 4.12. The quantitative estimate of drug-likeness (QED) is 0.711. The molecule has 0 aliphatic heterocycles. The molecule has 0 amide bonds. The average Bonchev–Trinajstić information content (AvgIpc) is 1.41. The summed E-state index contributed by atoms with van der Waals surface area (Å²) >= 11 is 0. The van der Waals surface area contributed by atoms with Gasteiger partial charge in [-0.15, -0.1) is 0 Å². The molecule has 3 heteroatoms. The molecule has 46 valence electrons. The van der Waals surface area contributed by atoms with Crippen LogP contribution < -0.4 is 0 Å². The zero-order valence-electron chi connectivity index (χ0n) is 4.73. The Morgan fingerprint density at radius 3 is 1.43 bits per heavy atom. The zero-order valence-corrected chi connectivity index (χ0v) is 7.66. The Hall–Kier alpha value is 0.608. The first-order valence-corrected chi connectivity index (χ1v) is 1.99. The Morgan fingerprint density at radius 1 is 1.14 bits per heavy atom. The van der Waals surface area contributed by atoms with Gasteiger partial charge in [0, 0.05) is 34.3 Å². The van der Waals surface area contributed by atoms with E-state index < -0.39 is 0 Å². The van der Waals surface area contributed by atoms with Crippen molar-refractivity contribution in [1.29, 1.82) is 0 Å². The van der Waals surface area contributed by atoms with E-state index in [0.717, 1.165) is 13.2 Å². The summed E-state index contributed by atoms with van der Waals surface area (Å²) < 4.78 is 4.83. The van der Waals surface area contributed by atoms with Crippen molar-refractivity contribution in [3.8, 4) is 0 Å². The maximum atomic E-state index is 4.83. The van der Waals surface area contributed by atoms with Crippen molar-refractivity contribution in [3.05, 3.63) is 0 Å². The minimum absolute atomic E-state index is 0. The maximum absolute atomic E-state index is 4.83. The van der Waals surface area contributed by atoms with E-state index in [1.165, 1.54) is 0 Å². The van der Waals surface area contributed by atoms with Crippen LogP contribution in [0.15, 0.2) is 0 Å². The summed E-state index contributed by atoms with van der Waals surface area (Å²) in [5, 5.41) is 0. The number of rotatable bonds is 2. The molecule has 0 saturated carbocycles. The van der Waals surface area contributed by atoms with E-state index in [-0.39, 0.29) is 26.5 Å². The van der Waals surface area contributed by atoms with Crippen LogP contribution >= 0.6 is 0 Å². The van der Waals surface area contributed by atoms with Gasteiger partial charge in [-0.1, -0.05) is 0 Å². The molecule has 0 rings (SSSR count). The summed E-state index contributed by atoms with van der Waals surface area (Å²) in [6.45, 7) is 5.67. The van der Waals surface area contributed by atoms with Gasteiger partial charge in [-0.2, -0.15) is 0 Å². The molecule has 0 fully saturated rings. The van der Waals surface area contributed by atoms with Gasteiger partial charge in [0.25, 0.3) is 0 Å². The van der Waals surface area contributed by atoms with Crippen molar-refractivity contribution in [1.82, 2.24) is 0 Å². The van der Waals surface area contributed by atoms with E-state index in [9.17, 15) is 0 Å². The van der Waals surface area contributed by atoms with Gasteiger partial charge in [-0.25, -0.2) is 0 Å². The normalized spacial score (nSPS) is 6.00. The second-order valence-electron chi connectivity index (χ2n) is 0.781. The largest absolute Gasteiger partial charge is 0.412 e. The minimum atomic E-state index is 0. The molecule has 0 spiro atoms. The Kier molecular flexibility index (Phi) is 35.7. The Labute approximate surface area is 58.8 Å². The van der Waals surface area contributed by atoms with Crippen LogP contribution in [0.1, 0.15) is 13.8 Å². The summed E-state index contributed by atoms with van der Waals surface area (Å²) in [5.41, 5.74) is 0. The molecule has 0 atom stereocenters. The fraction of sp³-hybridized carbons (Fsp3) is 1.00. The number of hydrogen-bond acceptors (Lipinski definition) is 1. The summed E-state index contributed by atoms with van der Waals surface area (Å²) in [7, 11) is 0. The molecule has 0 aromatic heterocycles. The summed E-state index contributed by atoms with van der Waals surface area (Å²) in [4.78, 5) is 0. The van der Waals surface area contributed by atoms with Crippen LogP contribution in [0.2, 0.25) is 0 Å². The van der Waals surface area contributed by atoms with Gasteiger partial charge in [0.1, 0.15) is 0 Å². The van der Waals surface area contributed by atoms with Crippen LogP contribution in [0.25, 0.3) is 0 Å². The van der Waals surface area contributed by atoms with Gasteiger partial charge in [-0.3, -0.25) is 0 Å². The summed E-state index contributed by atoms with van der Waals surface area (Å²) in [5.74, 6) is 0. The third kappa shape index (κ3) is 20.6. The van der Waals surface area contributed by atoms with Gasteiger partial charge in [0.2, 0.25) is 0 Å². The molecular weight excluding hydrogens is 264 g/mol. The van der Waals surface area contributed by atoms with E-state index in [4.69, 9.17) is 4.74 Å². The van der Waals surface area contributed by atoms with E-state index in [2.05, 4.69) is 0 Å². The number of hydrogen-bond donors (Lipinski definition) is 0. The predicted octanol–water partition coefficient (Wildman–Crippen LogP) is 0.216. The monoisotopic (exact) mass is 276 g/mol. The second-order valence-corrected chi connectivity index (χ2v) is 0.781. The molecule has 0 radical (unpaired) electrons. The maximum Gasteiger partial charge on any atom is 0.0437 e. The molecule has 0 saturated heterocycles. The van der Waals surface area contributed by atoms with Gasteiger partial charge >= 0.3 is 0 Å². The third-order valence-corrected chi connectivity index (χ3v) is 0.408. The van der Waals surface area contributed by atoms with Crippen molar-refractivity contribution >= 4 is 0 Å². The van der Waals surface area contributed by atoms with E-state index in [1.54, 1.807) is 0 Å². The molecule has 2 N–H and O–H groups in total. The van der Waals surface area contributed by atoms with E-state index in [0.29, 0.717) is 0 Å². The Bertz CT molecular complexity index is 17.2. The van der Waals surface area contributed by atoms with Crippen molar-refractivity contribution in [2.24, 2.45) is 0 Å². The van der Waals surface area contributed by atoms with Gasteiger partial charge in [0.05, 0.1) is 0 Å². The van der Waals surface area contributed by atoms with Crippen LogP contribution in [0, 0.1) is 0 Å². The Morgan fingerprint density at radius 2 is 1.43 bits per heavy atom. The van der Waals surface area contributed by atoms with Crippen LogP contribution in [-0.2, 0) is 25.8 Å². The topological polar surface area (TPSA) is 40.7 Å². The number of ether oxygens (including phenoxy) is 1. The second kappa shape index (κ2) is 16.0. The molecule has 0 aliphatic rings. The summed E-state index contributed by atoms with van der Waals surface area (Å²) in [6.07, 6.45) is 0. The van der Waals surface area contributed by atoms with Gasteiger partial charge < -0.3 is 10.2 Å². The van der Waals surface area contributed by atoms with E-state index >= 15 is 0 Å². The molecular formula is C4H12O2W. The predicted molar refractivity (Wildman–Crippen MR) is 25.8 cm³/mol. The first kappa shape index (κ1) is 15.6. The minimum Gasteiger partial charge on any atom is -0.412 e. The molecule has 0 aliphatic carbocycles. The van der Waals surface area contributed by atoms with Crippen molar-refractivity contribution in [3.63, 3.8) is 0 Å². The Balaban J connectivity index is -0.0000000800. The average molecular weight is 276 g/mol. The van der Waals surface area contributed by atoms with Crippen molar-refractivity contribution in [2.45, 2.75) is 13.8 Å². The van der Waals surface area contributed by atoms with E-state index in [1.807, 2.05) is 13.8 Å². The third-order valence-electron chi connectivity index (χ3n) is 0.408. The van der Waals surface area contributed by atoms with Gasteiger partial charge in [-0.05, 0) is 13.8 Å². The fourth-order valence-corrected chi connectivity index (χ4v) is 0.204. The van der Waals surface area contributed by atoms with Crippen molar-refractivity contribution in [2.75, 3.05) is 13.2 Å². The molecule has 0 bridgehead atoms. The van der Waals surface area contributed by atoms with Gasteiger partial charge in [0.15, 0.2) is 0 Å². The molecule has 0 heterocycles. The fourth-order valence-electron chi connectivity index (χ4n) is 0.204. The molecule has 2 nitrogen and oxygen atoms in total. The molecule has 7 heavy (non-hydrogen) atoms. The first-order chi connectivity index (χ1) is 2.41. The molecule has 0 aromatic rings. The smallest absolute Gasteiger partial charge is 0.0437 e. The van der Waals surface area contributed by atoms with Crippen LogP contribution in [-0.4, -0.2) is 18.7 Å². The summed E-state index contributed by atoms with van der Waals surface area (Å²) in [6, 6.07) is 0.